The topological polar surface area (TPSA) is 89.0 Å². The summed E-state index contributed by atoms with van der Waals surface area (Å²) in [5.74, 6) is -2.80. The Kier molecular flexibility index (Phi) is 8.52. The Morgan fingerprint density at radius 3 is 2.42 bits per heavy atom. The Hall–Kier alpha value is -2.83. The number of aromatic nitrogens is 1. The van der Waals surface area contributed by atoms with Gasteiger partial charge in [-0.1, -0.05) is 25.4 Å². The van der Waals surface area contributed by atoms with E-state index in [0.29, 0.717) is 27.7 Å². The molecule has 1 aromatic carbocycles. The van der Waals surface area contributed by atoms with Crippen molar-refractivity contribution in [1.29, 1.82) is 0 Å². The van der Waals surface area contributed by atoms with Crippen LogP contribution in [0.1, 0.15) is 25.8 Å². The van der Waals surface area contributed by atoms with Crippen LogP contribution in [0, 0.1) is 0 Å². The molecule has 0 saturated carbocycles. The highest BCUT2D eigenvalue weighted by molar-refractivity contribution is 7.99. The second-order valence-corrected chi connectivity index (χ2v) is 9.87. The minimum Gasteiger partial charge on any atom is -0.385 e. The average Bonchev–Trinajstić information content (AvgIpc) is 3.07. The third-order valence-corrected chi connectivity index (χ3v) is 7.10. The molecule has 0 radical (unpaired) electrons. The number of benzene rings is 1. The van der Waals surface area contributed by atoms with E-state index < -0.39 is 35.5 Å². The van der Waals surface area contributed by atoms with Crippen LogP contribution in [0.25, 0.3) is 0 Å². The maximum Gasteiger partial charge on any atom is 0.493 e. The van der Waals surface area contributed by atoms with E-state index >= 15 is 0 Å². The number of rotatable bonds is 9. The first-order chi connectivity index (χ1) is 16.9. The maximum absolute atomic E-state index is 13.5. The van der Waals surface area contributed by atoms with Crippen molar-refractivity contribution in [2.75, 3.05) is 24.4 Å². The summed E-state index contributed by atoms with van der Waals surface area (Å²) >= 11 is 7.81. The predicted molar refractivity (Wildman–Crippen MR) is 127 cm³/mol. The number of alkyl halides is 3. The van der Waals surface area contributed by atoms with Crippen LogP contribution in [-0.2, 0) is 24.6 Å². The van der Waals surface area contributed by atoms with Crippen LogP contribution in [0.2, 0.25) is 5.02 Å². The number of thioether (sulfide) groups is 1. The number of halogens is 4. The molecule has 1 aliphatic heterocycles. The van der Waals surface area contributed by atoms with E-state index in [0.717, 1.165) is 6.42 Å². The summed E-state index contributed by atoms with van der Waals surface area (Å²) in [6.07, 6.45) is -1.74. The quantitative estimate of drug-likeness (QED) is 0.249. The Balaban J connectivity index is 1.98. The molecular weight excluding hydrogens is 523 g/mol. The first-order valence-electron chi connectivity index (χ1n) is 10.7. The van der Waals surface area contributed by atoms with E-state index in [2.05, 4.69) is 9.82 Å². The van der Waals surface area contributed by atoms with Gasteiger partial charge < -0.3 is 9.57 Å². The summed E-state index contributed by atoms with van der Waals surface area (Å²) < 4.78 is 44.0. The Morgan fingerprint density at radius 1 is 1.17 bits per heavy atom. The van der Waals surface area contributed by atoms with Gasteiger partial charge in [-0.25, -0.2) is 14.5 Å². The normalized spacial score (nSPS) is 16.6. The largest absolute Gasteiger partial charge is 0.493 e. The van der Waals surface area contributed by atoms with Gasteiger partial charge in [-0.05, 0) is 42.3 Å². The van der Waals surface area contributed by atoms with Gasteiger partial charge in [0.1, 0.15) is 0 Å². The molecule has 1 atom stereocenters. The van der Waals surface area contributed by atoms with E-state index in [1.165, 1.54) is 36.3 Å². The fourth-order valence-corrected chi connectivity index (χ4v) is 4.85. The number of hydroxylamine groups is 2. The number of imide groups is 1. The van der Waals surface area contributed by atoms with Crippen molar-refractivity contribution < 1.29 is 37.1 Å². The van der Waals surface area contributed by atoms with Crippen LogP contribution in [0.5, 0.6) is 0 Å². The number of urea groups is 1. The van der Waals surface area contributed by atoms with Gasteiger partial charge in [-0.3, -0.25) is 9.78 Å². The van der Waals surface area contributed by atoms with Crippen LogP contribution in [-0.4, -0.2) is 59.6 Å². The number of nitrogens with zero attached hydrogens (tertiary/aromatic N) is 3. The summed E-state index contributed by atoms with van der Waals surface area (Å²) in [6.45, 7) is 3.66. The highest BCUT2D eigenvalue weighted by atomic mass is 35.5. The molecule has 1 aliphatic rings. The molecule has 194 valence electrons. The van der Waals surface area contributed by atoms with Crippen LogP contribution in [0.4, 0.5) is 23.7 Å². The number of ether oxygens (including phenoxy) is 1. The molecule has 13 heteroatoms. The average molecular weight is 546 g/mol. The number of amides is 3. The molecule has 2 aromatic rings. The van der Waals surface area contributed by atoms with E-state index in [4.69, 9.17) is 16.3 Å². The molecule has 1 unspecified atom stereocenters. The van der Waals surface area contributed by atoms with Gasteiger partial charge in [0.2, 0.25) is 0 Å². The minimum absolute atomic E-state index is 0.0253. The summed E-state index contributed by atoms with van der Waals surface area (Å²) in [6, 6.07) is 4.67. The smallest absolute Gasteiger partial charge is 0.385 e. The summed E-state index contributed by atoms with van der Waals surface area (Å²) in [7, 11) is 1.59. The van der Waals surface area contributed by atoms with Gasteiger partial charge in [0.05, 0.1) is 10.7 Å². The van der Waals surface area contributed by atoms with Crippen LogP contribution < -0.4 is 4.90 Å². The zero-order valence-electron chi connectivity index (χ0n) is 19.5. The van der Waals surface area contributed by atoms with Crippen molar-refractivity contribution in [2.45, 2.75) is 42.8 Å². The van der Waals surface area contributed by atoms with Gasteiger partial charge in [0.15, 0.2) is 6.04 Å². The number of pyridine rings is 1. The van der Waals surface area contributed by atoms with Crippen molar-refractivity contribution in [1.82, 2.24) is 10.0 Å². The van der Waals surface area contributed by atoms with E-state index in [9.17, 15) is 27.6 Å². The summed E-state index contributed by atoms with van der Waals surface area (Å²) in [5, 5.41) is 0.422. The molecule has 1 fully saturated rings. The van der Waals surface area contributed by atoms with Crippen molar-refractivity contribution in [2.24, 2.45) is 0 Å². The van der Waals surface area contributed by atoms with Crippen molar-refractivity contribution in [3.8, 4) is 0 Å². The monoisotopic (exact) mass is 545 g/mol. The molecule has 2 heterocycles. The fourth-order valence-electron chi connectivity index (χ4n) is 3.67. The van der Waals surface area contributed by atoms with Crippen molar-refractivity contribution >= 4 is 47.0 Å². The molecule has 36 heavy (non-hydrogen) atoms. The van der Waals surface area contributed by atoms with Crippen LogP contribution >= 0.6 is 23.4 Å². The fraction of sp³-hybridized carbons (Fsp3) is 0.391. The maximum atomic E-state index is 13.5. The Bertz CT molecular complexity index is 1130. The van der Waals surface area contributed by atoms with E-state index in [-0.39, 0.29) is 15.8 Å². The number of hydrogen-bond acceptors (Lipinski definition) is 7. The number of carbonyl (C=O) groups excluding carboxylic acids is 3. The zero-order valence-corrected chi connectivity index (χ0v) is 21.1. The molecule has 8 nitrogen and oxygen atoms in total. The SMILES string of the molecule is COCCCSc1ccc(N2C(=O)C(C(C)(C)c3ccncc3)N(OC(=O)C(F)(F)F)C2=O)cc1Cl. The Morgan fingerprint density at radius 2 is 1.83 bits per heavy atom. The molecule has 0 N–H and O–H groups in total. The number of anilines is 1. The molecule has 3 amide bonds. The van der Waals surface area contributed by atoms with Gasteiger partial charge in [0, 0.05) is 42.2 Å². The van der Waals surface area contributed by atoms with Crippen molar-refractivity contribution in [3.05, 3.63) is 53.3 Å². The van der Waals surface area contributed by atoms with E-state index in [1.807, 2.05) is 0 Å². The first-order valence-corrected chi connectivity index (χ1v) is 12.0. The van der Waals surface area contributed by atoms with Crippen molar-refractivity contribution in [3.63, 3.8) is 0 Å². The number of carbonyl (C=O) groups is 3. The molecule has 1 saturated heterocycles. The van der Waals surface area contributed by atoms with E-state index in [1.54, 1.807) is 39.2 Å². The molecule has 3 rings (SSSR count). The molecule has 0 spiro atoms. The standard InChI is InChI=1S/C23H23ClF3N3O5S/c1-22(2,14-7-9-28-10-8-14)18-19(31)29(21(33)30(18)35-20(32)23(25,26)27)15-5-6-17(16(24)13-15)36-12-4-11-34-3/h5-10,13,18H,4,11-12H2,1-3H3. The van der Waals surface area contributed by atoms with Gasteiger partial charge in [-0.15, -0.1) is 16.8 Å². The lowest BCUT2D eigenvalue weighted by molar-refractivity contribution is -0.232. The van der Waals surface area contributed by atoms with Gasteiger partial charge in [0.25, 0.3) is 5.91 Å². The Labute approximate surface area is 214 Å². The lowest BCUT2D eigenvalue weighted by Gasteiger charge is -2.33. The minimum atomic E-state index is -5.38. The second-order valence-electron chi connectivity index (χ2n) is 8.33. The second kappa shape index (κ2) is 11.1. The first kappa shape index (κ1) is 27.8. The third kappa shape index (κ3) is 5.76. The number of methoxy groups -OCH3 is 1. The molecule has 0 bridgehead atoms. The highest BCUT2D eigenvalue weighted by Gasteiger charge is 2.57. The predicted octanol–water partition coefficient (Wildman–Crippen LogP) is 5.00. The van der Waals surface area contributed by atoms with Gasteiger partial charge in [-0.2, -0.15) is 13.2 Å². The zero-order chi connectivity index (χ0) is 26.7. The molecule has 0 aliphatic carbocycles. The highest BCUT2D eigenvalue weighted by Crippen LogP contribution is 2.40. The lowest BCUT2D eigenvalue weighted by Crippen LogP contribution is -2.50. The summed E-state index contributed by atoms with van der Waals surface area (Å²) in [5.41, 5.74) is -0.756. The molecular formula is C23H23ClF3N3O5S. The van der Waals surface area contributed by atoms with Gasteiger partial charge >= 0.3 is 18.2 Å². The summed E-state index contributed by atoms with van der Waals surface area (Å²) in [4.78, 5) is 48.1. The van der Waals surface area contributed by atoms with Crippen LogP contribution in [0.15, 0.2) is 47.6 Å². The lowest BCUT2D eigenvalue weighted by atomic mass is 9.78. The molecule has 1 aromatic heterocycles. The third-order valence-electron chi connectivity index (χ3n) is 5.51. The number of hydrogen-bond donors (Lipinski definition) is 0. The van der Waals surface area contributed by atoms with Crippen LogP contribution in [0.3, 0.4) is 0 Å².